The molecular formula is C17H20N2OS. The van der Waals surface area contributed by atoms with Crippen molar-refractivity contribution in [2.45, 2.75) is 19.3 Å². The molecule has 0 spiro atoms. The summed E-state index contributed by atoms with van der Waals surface area (Å²) in [6.45, 7) is 5.12. The van der Waals surface area contributed by atoms with Gasteiger partial charge in [-0.05, 0) is 36.6 Å². The Kier molecular flexibility index (Phi) is 3.76. The first kappa shape index (κ1) is 13.4. The zero-order valence-electron chi connectivity index (χ0n) is 12.2. The van der Waals surface area contributed by atoms with E-state index in [4.69, 9.17) is 9.72 Å². The van der Waals surface area contributed by atoms with Gasteiger partial charge < -0.3 is 4.74 Å². The maximum Gasteiger partial charge on any atom is 0.0939 e. The molecule has 1 saturated heterocycles. The van der Waals surface area contributed by atoms with Gasteiger partial charge in [-0.2, -0.15) is 0 Å². The maximum absolute atomic E-state index is 5.39. The standard InChI is InChI=1S/C17H20N2OS/c1-2-5-14-13(4-1)12-15-17(14)18-16(21-15)6-3-7-19-8-10-20-11-9-19/h1-2,4,12H,3,5-11H2. The Labute approximate surface area is 128 Å². The van der Waals surface area contributed by atoms with Crippen LogP contribution in [0.3, 0.4) is 0 Å². The lowest BCUT2D eigenvalue weighted by molar-refractivity contribution is 0.0374. The summed E-state index contributed by atoms with van der Waals surface area (Å²) < 4.78 is 6.75. The highest BCUT2D eigenvalue weighted by molar-refractivity contribution is 7.09. The van der Waals surface area contributed by atoms with Crippen LogP contribution in [0.5, 0.6) is 0 Å². The van der Waals surface area contributed by atoms with Crippen LogP contribution in [0.4, 0.5) is 0 Å². The fourth-order valence-corrected chi connectivity index (χ4v) is 4.25. The molecule has 0 saturated carbocycles. The molecule has 3 nitrogen and oxygen atoms in total. The molecule has 0 N–H and O–H groups in total. The van der Waals surface area contributed by atoms with Gasteiger partial charge in [0.1, 0.15) is 0 Å². The number of aryl methyl sites for hydroxylation is 1. The molecule has 0 aromatic carbocycles. The summed E-state index contributed by atoms with van der Waals surface area (Å²) in [7, 11) is 0. The van der Waals surface area contributed by atoms with E-state index in [1.807, 2.05) is 11.3 Å². The van der Waals surface area contributed by atoms with Gasteiger partial charge in [0, 0.05) is 19.5 Å². The van der Waals surface area contributed by atoms with Crippen molar-refractivity contribution in [2.24, 2.45) is 0 Å². The number of rotatable bonds is 4. The molecule has 4 heteroatoms. The third-order valence-electron chi connectivity index (χ3n) is 4.32. The second kappa shape index (κ2) is 5.87. The van der Waals surface area contributed by atoms with Crippen molar-refractivity contribution in [1.82, 2.24) is 9.88 Å². The quantitative estimate of drug-likeness (QED) is 0.836. The topological polar surface area (TPSA) is 25.4 Å². The van der Waals surface area contributed by atoms with Gasteiger partial charge in [-0.15, -0.1) is 11.3 Å². The fourth-order valence-electron chi connectivity index (χ4n) is 3.16. The number of nitrogens with zero attached hydrogens (tertiary/aromatic N) is 2. The molecular weight excluding hydrogens is 280 g/mol. The number of morpholine rings is 1. The smallest absolute Gasteiger partial charge is 0.0939 e. The molecule has 2 aliphatic carbocycles. The van der Waals surface area contributed by atoms with Crippen LogP contribution in [-0.4, -0.2) is 42.7 Å². The van der Waals surface area contributed by atoms with E-state index in [9.17, 15) is 0 Å². The molecule has 1 aromatic rings. The minimum absolute atomic E-state index is 0.890. The van der Waals surface area contributed by atoms with E-state index in [0.717, 1.165) is 39.1 Å². The Morgan fingerprint density at radius 1 is 1.29 bits per heavy atom. The van der Waals surface area contributed by atoms with E-state index < -0.39 is 0 Å². The maximum atomic E-state index is 5.39. The number of hydrogen-bond donors (Lipinski definition) is 0. The largest absolute Gasteiger partial charge is 0.379 e. The highest BCUT2D eigenvalue weighted by Crippen LogP contribution is 2.23. The van der Waals surface area contributed by atoms with E-state index in [1.54, 1.807) is 0 Å². The van der Waals surface area contributed by atoms with E-state index in [2.05, 4.69) is 29.2 Å². The average Bonchev–Trinajstić information content (AvgIpc) is 3.05. The predicted octanol–water partition coefficient (Wildman–Crippen LogP) is 1.24. The molecule has 0 atom stereocenters. The highest BCUT2D eigenvalue weighted by Gasteiger charge is 2.16. The number of thiazole rings is 1. The summed E-state index contributed by atoms with van der Waals surface area (Å²) >= 11 is 1.88. The summed E-state index contributed by atoms with van der Waals surface area (Å²) in [6, 6.07) is 0. The van der Waals surface area contributed by atoms with Crippen LogP contribution >= 0.6 is 11.3 Å². The lowest BCUT2D eigenvalue weighted by Crippen LogP contribution is -2.36. The summed E-state index contributed by atoms with van der Waals surface area (Å²) in [5.74, 6) is 0. The highest BCUT2D eigenvalue weighted by atomic mass is 32.1. The van der Waals surface area contributed by atoms with Crippen molar-refractivity contribution in [3.63, 3.8) is 0 Å². The van der Waals surface area contributed by atoms with Crippen LogP contribution in [0.1, 0.15) is 17.8 Å². The molecule has 1 aromatic heterocycles. The second-order valence-electron chi connectivity index (χ2n) is 5.76. The molecule has 3 aliphatic rings. The van der Waals surface area contributed by atoms with Crippen LogP contribution in [0, 0.1) is 0 Å². The third kappa shape index (κ3) is 2.76. The van der Waals surface area contributed by atoms with Crippen molar-refractivity contribution in [3.05, 3.63) is 38.7 Å². The fraction of sp³-hybridized carbons (Fsp3) is 0.471. The summed E-state index contributed by atoms with van der Waals surface area (Å²) in [5, 5.41) is 2.54. The van der Waals surface area contributed by atoms with Gasteiger partial charge in [0.15, 0.2) is 0 Å². The first-order valence-electron chi connectivity index (χ1n) is 7.78. The van der Waals surface area contributed by atoms with Gasteiger partial charge in [0.2, 0.25) is 0 Å². The monoisotopic (exact) mass is 300 g/mol. The van der Waals surface area contributed by atoms with Crippen LogP contribution in [0.15, 0.2) is 23.8 Å². The van der Waals surface area contributed by atoms with Gasteiger partial charge >= 0.3 is 0 Å². The normalized spacial score (nSPS) is 21.0. The van der Waals surface area contributed by atoms with E-state index in [0.29, 0.717) is 0 Å². The van der Waals surface area contributed by atoms with Crippen molar-refractivity contribution < 1.29 is 4.74 Å². The Morgan fingerprint density at radius 3 is 3.10 bits per heavy atom. The third-order valence-corrected chi connectivity index (χ3v) is 5.38. The van der Waals surface area contributed by atoms with Crippen LogP contribution in [0.25, 0.3) is 11.6 Å². The average molecular weight is 300 g/mol. The molecule has 21 heavy (non-hydrogen) atoms. The van der Waals surface area contributed by atoms with Gasteiger partial charge in [-0.25, -0.2) is 4.98 Å². The SMILES string of the molecule is C1=CCC2=c3nc(CCCN4CCOCC4)sc3=CC2=C1. The molecule has 0 amide bonds. The zero-order valence-corrected chi connectivity index (χ0v) is 13.0. The summed E-state index contributed by atoms with van der Waals surface area (Å²) in [4.78, 5) is 7.39. The lowest BCUT2D eigenvalue weighted by Gasteiger charge is -2.26. The van der Waals surface area contributed by atoms with Crippen LogP contribution in [0.2, 0.25) is 0 Å². The minimum atomic E-state index is 0.890. The first-order chi connectivity index (χ1) is 10.4. The lowest BCUT2D eigenvalue weighted by atomic mass is 10.0. The van der Waals surface area contributed by atoms with Crippen molar-refractivity contribution in [1.29, 1.82) is 0 Å². The molecule has 4 rings (SSSR count). The minimum Gasteiger partial charge on any atom is -0.379 e. The van der Waals surface area contributed by atoms with Crippen LogP contribution in [-0.2, 0) is 11.2 Å². The Hall–Kier alpha value is -1.23. The van der Waals surface area contributed by atoms with E-state index in [1.165, 1.54) is 39.0 Å². The van der Waals surface area contributed by atoms with Crippen molar-refractivity contribution in [3.8, 4) is 0 Å². The molecule has 1 aliphatic heterocycles. The van der Waals surface area contributed by atoms with Crippen molar-refractivity contribution in [2.75, 3.05) is 32.8 Å². The number of allylic oxidation sites excluding steroid dienone is 4. The number of ether oxygens (including phenoxy) is 1. The molecule has 0 radical (unpaired) electrons. The molecule has 1 fully saturated rings. The number of hydrogen-bond acceptors (Lipinski definition) is 4. The number of aromatic nitrogens is 1. The van der Waals surface area contributed by atoms with E-state index >= 15 is 0 Å². The molecule has 2 heterocycles. The molecule has 0 unspecified atom stereocenters. The molecule has 0 bridgehead atoms. The zero-order chi connectivity index (χ0) is 14.1. The van der Waals surface area contributed by atoms with Gasteiger partial charge in [0.25, 0.3) is 0 Å². The van der Waals surface area contributed by atoms with Crippen LogP contribution < -0.4 is 9.88 Å². The Bertz CT molecular complexity index is 708. The van der Waals surface area contributed by atoms with Crippen molar-refractivity contribution >= 4 is 23.0 Å². The predicted molar refractivity (Wildman–Crippen MR) is 86.7 cm³/mol. The summed E-state index contributed by atoms with van der Waals surface area (Å²) in [6.07, 6.45) is 12.2. The molecule has 110 valence electrons. The van der Waals surface area contributed by atoms with Gasteiger partial charge in [-0.3, -0.25) is 4.90 Å². The number of fused-ring (bicyclic) bond motifs is 2. The first-order valence-corrected chi connectivity index (χ1v) is 8.60. The van der Waals surface area contributed by atoms with Gasteiger partial charge in [-0.1, -0.05) is 18.2 Å². The summed E-state index contributed by atoms with van der Waals surface area (Å²) in [5.41, 5.74) is 2.79. The Balaban J connectivity index is 1.41. The second-order valence-corrected chi connectivity index (χ2v) is 6.87. The van der Waals surface area contributed by atoms with Gasteiger partial charge in [0.05, 0.1) is 28.1 Å². The van der Waals surface area contributed by atoms with E-state index in [-0.39, 0.29) is 0 Å². The Morgan fingerprint density at radius 2 is 2.19 bits per heavy atom.